The van der Waals surface area contributed by atoms with Gasteiger partial charge in [0.05, 0.1) is 23.9 Å². The summed E-state index contributed by atoms with van der Waals surface area (Å²) in [6, 6.07) is 16.8. The molecule has 4 amide bonds. The van der Waals surface area contributed by atoms with Gasteiger partial charge in [-0.15, -0.1) is 0 Å². The molecule has 202 valence electrons. The Balaban J connectivity index is 1.61. The first-order valence-corrected chi connectivity index (χ1v) is 13.0. The van der Waals surface area contributed by atoms with E-state index >= 15 is 0 Å². The van der Waals surface area contributed by atoms with Gasteiger partial charge in [0, 0.05) is 0 Å². The SMILES string of the molecule is CCCOc1ccc(N2C(=O)NC(=O)/C(=C/c3cc(Cl)c(OCc4cccc(C)c4)c(OCC)c3)C2=O)cc1. The molecule has 1 heterocycles. The summed E-state index contributed by atoms with van der Waals surface area (Å²) in [5.41, 5.74) is 2.58. The first-order chi connectivity index (χ1) is 18.8. The lowest BCUT2D eigenvalue weighted by molar-refractivity contribution is -0.122. The first-order valence-electron chi connectivity index (χ1n) is 12.6. The number of carbonyl (C=O) groups excluding carboxylic acids is 3. The third kappa shape index (κ3) is 6.59. The van der Waals surface area contributed by atoms with Crippen LogP contribution in [-0.2, 0) is 16.2 Å². The Bertz CT molecular complexity index is 1420. The number of carbonyl (C=O) groups is 3. The molecule has 0 bridgehead atoms. The van der Waals surface area contributed by atoms with Crippen molar-refractivity contribution in [1.82, 2.24) is 5.32 Å². The van der Waals surface area contributed by atoms with Gasteiger partial charge in [0.1, 0.15) is 17.9 Å². The summed E-state index contributed by atoms with van der Waals surface area (Å²) in [5, 5.41) is 2.47. The maximum Gasteiger partial charge on any atom is 0.335 e. The highest BCUT2D eigenvalue weighted by atomic mass is 35.5. The second-order valence-electron chi connectivity index (χ2n) is 8.84. The number of aryl methyl sites for hydroxylation is 1. The summed E-state index contributed by atoms with van der Waals surface area (Å²) in [7, 11) is 0. The third-order valence-corrected chi connectivity index (χ3v) is 6.06. The van der Waals surface area contributed by atoms with E-state index in [-0.39, 0.29) is 17.2 Å². The van der Waals surface area contributed by atoms with Gasteiger partial charge in [0.2, 0.25) is 0 Å². The molecule has 0 aliphatic carbocycles. The average Bonchev–Trinajstić information content (AvgIpc) is 2.90. The predicted octanol–water partition coefficient (Wildman–Crippen LogP) is 6.08. The van der Waals surface area contributed by atoms with Crippen LogP contribution in [0.25, 0.3) is 6.08 Å². The van der Waals surface area contributed by atoms with Crippen molar-refractivity contribution >= 4 is 41.2 Å². The van der Waals surface area contributed by atoms with Gasteiger partial charge >= 0.3 is 6.03 Å². The normalized spacial score (nSPS) is 14.4. The maximum absolute atomic E-state index is 13.3. The quantitative estimate of drug-likeness (QED) is 0.244. The van der Waals surface area contributed by atoms with Crippen LogP contribution in [0.3, 0.4) is 0 Å². The number of amides is 4. The number of nitrogens with one attached hydrogen (secondary N) is 1. The lowest BCUT2D eigenvalue weighted by Crippen LogP contribution is -2.54. The van der Waals surface area contributed by atoms with Crippen LogP contribution in [0.2, 0.25) is 5.02 Å². The summed E-state index contributed by atoms with van der Waals surface area (Å²) in [5.74, 6) is -0.245. The number of barbiturate groups is 1. The van der Waals surface area contributed by atoms with Crippen LogP contribution in [0, 0.1) is 6.92 Å². The Morgan fingerprint density at radius 1 is 0.949 bits per heavy atom. The molecule has 1 aliphatic rings. The highest BCUT2D eigenvalue weighted by molar-refractivity contribution is 6.39. The van der Waals surface area contributed by atoms with Gasteiger partial charge in [-0.1, -0.05) is 48.4 Å². The van der Waals surface area contributed by atoms with Gasteiger partial charge in [-0.25, -0.2) is 9.69 Å². The second-order valence-corrected chi connectivity index (χ2v) is 9.25. The Hall–Kier alpha value is -4.30. The zero-order valence-electron chi connectivity index (χ0n) is 22.0. The Labute approximate surface area is 232 Å². The van der Waals surface area contributed by atoms with Crippen LogP contribution in [0.1, 0.15) is 37.0 Å². The van der Waals surface area contributed by atoms with E-state index in [1.54, 1.807) is 36.4 Å². The van der Waals surface area contributed by atoms with Crippen molar-refractivity contribution in [2.75, 3.05) is 18.1 Å². The van der Waals surface area contributed by atoms with Crippen LogP contribution < -0.4 is 24.4 Å². The summed E-state index contributed by atoms with van der Waals surface area (Å²) in [6.45, 7) is 6.99. The van der Waals surface area contributed by atoms with Gasteiger partial charge in [0.15, 0.2) is 11.5 Å². The van der Waals surface area contributed by atoms with Crippen molar-refractivity contribution in [2.24, 2.45) is 0 Å². The molecular formula is C30H29ClN2O6. The van der Waals surface area contributed by atoms with E-state index in [2.05, 4.69) is 5.32 Å². The Kier molecular flexibility index (Phi) is 8.88. The molecule has 9 heteroatoms. The summed E-state index contributed by atoms with van der Waals surface area (Å²) < 4.78 is 17.3. The minimum Gasteiger partial charge on any atom is -0.494 e. The van der Waals surface area contributed by atoms with E-state index in [0.29, 0.717) is 41.7 Å². The highest BCUT2D eigenvalue weighted by Gasteiger charge is 2.37. The van der Waals surface area contributed by atoms with Crippen molar-refractivity contribution in [3.05, 3.63) is 87.9 Å². The van der Waals surface area contributed by atoms with Gasteiger partial charge in [-0.2, -0.15) is 0 Å². The smallest absolute Gasteiger partial charge is 0.335 e. The first kappa shape index (κ1) is 27.7. The summed E-state index contributed by atoms with van der Waals surface area (Å²) in [6.07, 6.45) is 2.22. The molecule has 0 unspecified atom stereocenters. The number of urea groups is 1. The van der Waals surface area contributed by atoms with Gasteiger partial charge in [-0.3, -0.25) is 14.9 Å². The Morgan fingerprint density at radius 3 is 2.41 bits per heavy atom. The molecule has 1 aliphatic heterocycles. The fourth-order valence-electron chi connectivity index (χ4n) is 4.00. The molecule has 8 nitrogen and oxygen atoms in total. The molecule has 1 N–H and O–H groups in total. The van der Waals surface area contributed by atoms with E-state index in [9.17, 15) is 14.4 Å². The van der Waals surface area contributed by atoms with Crippen LogP contribution in [0.5, 0.6) is 17.2 Å². The van der Waals surface area contributed by atoms with E-state index in [1.807, 2.05) is 45.0 Å². The monoisotopic (exact) mass is 548 g/mol. The number of hydrogen-bond donors (Lipinski definition) is 1. The molecule has 1 saturated heterocycles. The van der Waals surface area contributed by atoms with Crippen molar-refractivity contribution in [3.8, 4) is 17.2 Å². The molecule has 0 radical (unpaired) electrons. The molecule has 0 atom stereocenters. The zero-order valence-corrected chi connectivity index (χ0v) is 22.7. The van der Waals surface area contributed by atoms with Crippen molar-refractivity contribution in [3.63, 3.8) is 0 Å². The second kappa shape index (κ2) is 12.5. The number of anilines is 1. The van der Waals surface area contributed by atoms with Crippen LogP contribution >= 0.6 is 11.6 Å². The van der Waals surface area contributed by atoms with E-state index in [1.165, 1.54) is 6.08 Å². The average molecular weight is 549 g/mol. The van der Waals surface area contributed by atoms with E-state index in [0.717, 1.165) is 22.4 Å². The number of hydrogen-bond acceptors (Lipinski definition) is 6. The number of rotatable bonds is 10. The molecule has 3 aromatic carbocycles. The molecule has 1 fully saturated rings. The zero-order chi connectivity index (χ0) is 27.9. The number of ether oxygens (including phenoxy) is 3. The summed E-state index contributed by atoms with van der Waals surface area (Å²) >= 11 is 6.56. The van der Waals surface area contributed by atoms with Gasteiger partial charge in [0.25, 0.3) is 11.8 Å². The maximum atomic E-state index is 13.3. The number of benzene rings is 3. The van der Waals surface area contributed by atoms with Crippen LogP contribution in [-0.4, -0.2) is 31.1 Å². The fourth-order valence-corrected chi connectivity index (χ4v) is 4.28. The minimum absolute atomic E-state index is 0.229. The minimum atomic E-state index is -0.836. The largest absolute Gasteiger partial charge is 0.494 e. The summed E-state index contributed by atoms with van der Waals surface area (Å²) in [4.78, 5) is 39.5. The van der Waals surface area contributed by atoms with Crippen LogP contribution in [0.4, 0.5) is 10.5 Å². The van der Waals surface area contributed by atoms with Crippen molar-refractivity contribution in [2.45, 2.75) is 33.8 Å². The van der Waals surface area contributed by atoms with Gasteiger partial charge in [-0.05, 0) is 73.9 Å². The van der Waals surface area contributed by atoms with E-state index < -0.39 is 17.8 Å². The standard InChI is InChI=1S/C30H29ClN2O6/c1-4-13-38-23-11-9-22(10-12-23)33-29(35)24(28(34)32-30(33)36)15-21-16-25(31)27(26(17-21)37-5-2)39-18-20-8-6-7-19(3)14-20/h6-12,14-17H,4-5,13,18H2,1-3H3,(H,32,34,36)/b24-15-. The van der Waals surface area contributed by atoms with E-state index in [4.69, 9.17) is 25.8 Å². The number of nitrogens with zero attached hydrogens (tertiary/aromatic N) is 1. The molecule has 0 saturated carbocycles. The molecule has 0 spiro atoms. The lowest BCUT2D eigenvalue weighted by atomic mass is 10.1. The number of halogens is 1. The molecule has 39 heavy (non-hydrogen) atoms. The van der Waals surface area contributed by atoms with Crippen molar-refractivity contribution in [1.29, 1.82) is 0 Å². The van der Waals surface area contributed by atoms with Gasteiger partial charge < -0.3 is 14.2 Å². The van der Waals surface area contributed by atoms with Crippen molar-refractivity contribution < 1.29 is 28.6 Å². The molecule has 0 aromatic heterocycles. The lowest BCUT2D eigenvalue weighted by Gasteiger charge is -2.26. The predicted molar refractivity (Wildman–Crippen MR) is 149 cm³/mol. The molecule has 4 rings (SSSR count). The topological polar surface area (TPSA) is 94.2 Å². The molecule has 3 aromatic rings. The molecular weight excluding hydrogens is 520 g/mol. The highest BCUT2D eigenvalue weighted by Crippen LogP contribution is 2.38. The Morgan fingerprint density at radius 2 is 1.72 bits per heavy atom. The fraction of sp³-hybridized carbons (Fsp3) is 0.233. The number of imide groups is 2. The van der Waals surface area contributed by atoms with Crippen LogP contribution in [0.15, 0.2) is 66.2 Å². The third-order valence-electron chi connectivity index (χ3n) is 5.78.